The summed E-state index contributed by atoms with van der Waals surface area (Å²) in [6, 6.07) is 15.6. The van der Waals surface area contributed by atoms with Crippen LogP contribution in [-0.2, 0) is 0 Å². The Kier molecular flexibility index (Phi) is 3.11. The number of hydrogen-bond donors (Lipinski definition) is 1. The molecule has 1 unspecified atom stereocenters. The van der Waals surface area contributed by atoms with E-state index < -0.39 is 0 Å². The molecular weight excluding hydrogens is 225 g/mol. The fourth-order valence-electron chi connectivity index (χ4n) is 2.57. The van der Waals surface area contributed by atoms with E-state index >= 15 is 0 Å². The van der Waals surface area contributed by atoms with E-state index in [0.29, 0.717) is 11.6 Å². The summed E-state index contributed by atoms with van der Waals surface area (Å²) in [4.78, 5) is 0. The zero-order chi connectivity index (χ0) is 12.4. The van der Waals surface area contributed by atoms with Crippen LogP contribution in [0.5, 0.6) is 0 Å². The Hall–Kier alpha value is -1.67. The van der Waals surface area contributed by atoms with Gasteiger partial charge in [0.1, 0.15) is 5.82 Å². The first-order valence-corrected chi connectivity index (χ1v) is 6.43. The number of nitrogens with one attached hydrogen (secondary N) is 1. The van der Waals surface area contributed by atoms with Crippen LogP contribution in [0.4, 0.5) is 4.39 Å². The van der Waals surface area contributed by atoms with Gasteiger partial charge in [0.15, 0.2) is 0 Å². The minimum absolute atomic E-state index is 0.150. The third-order valence-corrected chi connectivity index (χ3v) is 3.54. The quantitative estimate of drug-likeness (QED) is 0.840. The van der Waals surface area contributed by atoms with Crippen LogP contribution in [0, 0.1) is 5.82 Å². The number of hydrogen-bond acceptors (Lipinski definition) is 1. The highest BCUT2D eigenvalue weighted by Gasteiger charge is 2.17. The molecule has 1 nitrogen and oxygen atoms in total. The summed E-state index contributed by atoms with van der Waals surface area (Å²) in [6.07, 6.45) is 2.34. The molecular formula is C16H16FN. The third-order valence-electron chi connectivity index (χ3n) is 3.54. The van der Waals surface area contributed by atoms with Crippen LogP contribution < -0.4 is 5.32 Å². The molecule has 0 saturated carbocycles. The highest BCUT2D eigenvalue weighted by atomic mass is 19.1. The van der Waals surface area contributed by atoms with Gasteiger partial charge in [-0.25, -0.2) is 4.39 Å². The molecule has 2 aromatic carbocycles. The molecule has 92 valence electrons. The lowest BCUT2D eigenvalue weighted by molar-refractivity contribution is 0.620. The zero-order valence-electron chi connectivity index (χ0n) is 10.2. The second kappa shape index (κ2) is 4.91. The summed E-state index contributed by atoms with van der Waals surface area (Å²) in [6.45, 7) is 1.06. The minimum Gasteiger partial charge on any atom is -0.310 e. The molecule has 1 N–H and O–H groups in total. The van der Waals surface area contributed by atoms with Gasteiger partial charge in [-0.1, -0.05) is 36.4 Å². The molecule has 0 radical (unpaired) electrons. The van der Waals surface area contributed by atoms with Gasteiger partial charge in [-0.3, -0.25) is 0 Å². The zero-order valence-corrected chi connectivity index (χ0v) is 10.2. The van der Waals surface area contributed by atoms with Gasteiger partial charge in [0.05, 0.1) is 0 Å². The Morgan fingerprint density at radius 2 is 1.89 bits per heavy atom. The topological polar surface area (TPSA) is 12.0 Å². The number of halogens is 1. The molecule has 3 rings (SSSR count). The molecule has 2 aromatic rings. The van der Waals surface area contributed by atoms with E-state index in [1.165, 1.54) is 12.0 Å². The average Bonchev–Trinajstić information content (AvgIpc) is 2.94. The van der Waals surface area contributed by atoms with Crippen molar-refractivity contribution in [3.8, 4) is 11.1 Å². The molecule has 1 heterocycles. The fourth-order valence-corrected chi connectivity index (χ4v) is 2.57. The van der Waals surface area contributed by atoms with Crippen LogP contribution in [0.15, 0.2) is 48.5 Å². The highest BCUT2D eigenvalue weighted by Crippen LogP contribution is 2.29. The lowest BCUT2D eigenvalue weighted by Gasteiger charge is -2.13. The van der Waals surface area contributed by atoms with E-state index in [0.717, 1.165) is 18.5 Å². The predicted octanol–water partition coefficient (Wildman–Crippen LogP) is 3.92. The first kappa shape index (κ1) is 11.4. The molecule has 1 atom stereocenters. The second-order valence-corrected chi connectivity index (χ2v) is 4.75. The van der Waals surface area contributed by atoms with Gasteiger partial charge >= 0.3 is 0 Å². The monoisotopic (exact) mass is 241 g/mol. The lowest BCUT2D eigenvalue weighted by atomic mass is 9.98. The van der Waals surface area contributed by atoms with Crippen molar-refractivity contribution in [2.24, 2.45) is 0 Å². The summed E-state index contributed by atoms with van der Waals surface area (Å²) in [7, 11) is 0. The van der Waals surface area contributed by atoms with E-state index in [2.05, 4.69) is 5.32 Å². The lowest BCUT2D eigenvalue weighted by Crippen LogP contribution is -2.12. The summed E-state index contributed by atoms with van der Waals surface area (Å²) < 4.78 is 13.9. The van der Waals surface area contributed by atoms with Crippen molar-refractivity contribution in [1.29, 1.82) is 0 Å². The van der Waals surface area contributed by atoms with E-state index in [9.17, 15) is 4.39 Å². The van der Waals surface area contributed by atoms with Gasteiger partial charge in [0.2, 0.25) is 0 Å². The molecule has 0 aromatic heterocycles. The maximum absolute atomic E-state index is 13.9. The molecule has 18 heavy (non-hydrogen) atoms. The molecule has 0 spiro atoms. The smallest absolute Gasteiger partial charge is 0.131 e. The molecule has 1 aliphatic rings. The van der Waals surface area contributed by atoms with E-state index in [4.69, 9.17) is 0 Å². The van der Waals surface area contributed by atoms with E-state index in [1.807, 2.05) is 42.5 Å². The molecule has 1 aliphatic heterocycles. The minimum atomic E-state index is -0.150. The van der Waals surface area contributed by atoms with Crippen molar-refractivity contribution in [2.45, 2.75) is 18.9 Å². The molecule has 0 amide bonds. The molecule has 1 fully saturated rings. The van der Waals surface area contributed by atoms with Crippen molar-refractivity contribution in [3.63, 3.8) is 0 Å². The van der Waals surface area contributed by atoms with E-state index in [-0.39, 0.29) is 5.82 Å². The van der Waals surface area contributed by atoms with Crippen molar-refractivity contribution in [2.75, 3.05) is 6.54 Å². The number of benzene rings is 2. The van der Waals surface area contributed by atoms with E-state index in [1.54, 1.807) is 6.07 Å². The highest BCUT2D eigenvalue weighted by molar-refractivity contribution is 5.65. The fraction of sp³-hybridized carbons (Fsp3) is 0.250. The van der Waals surface area contributed by atoms with Crippen LogP contribution in [-0.4, -0.2) is 6.54 Å². The van der Waals surface area contributed by atoms with Crippen LogP contribution >= 0.6 is 0 Å². The van der Waals surface area contributed by atoms with Crippen molar-refractivity contribution in [1.82, 2.24) is 5.32 Å². The van der Waals surface area contributed by atoms with Gasteiger partial charge in [0.25, 0.3) is 0 Å². The van der Waals surface area contributed by atoms with Crippen LogP contribution in [0.3, 0.4) is 0 Å². The Balaban J connectivity index is 2.01. The molecule has 2 heteroatoms. The van der Waals surface area contributed by atoms with Crippen molar-refractivity contribution in [3.05, 3.63) is 59.9 Å². The largest absolute Gasteiger partial charge is 0.310 e. The number of rotatable bonds is 2. The standard InChI is InChI=1S/C16H16FN/c17-15-9-8-13(16-7-4-10-18-16)11-14(15)12-5-2-1-3-6-12/h1-3,5-6,8-9,11,16,18H,4,7,10H2. The maximum atomic E-state index is 13.9. The summed E-state index contributed by atoms with van der Waals surface area (Å²) in [5, 5.41) is 3.45. The summed E-state index contributed by atoms with van der Waals surface area (Å²) >= 11 is 0. The summed E-state index contributed by atoms with van der Waals surface area (Å²) in [5.41, 5.74) is 2.82. The average molecular weight is 241 g/mol. The molecule has 0 bridgehead atoms. The molecule has 1 saturated heterocycles. The van der Waals surface area contributed by atoms with Crippen molar-refractivity contribution >= 4 is 0 Å². The van der Waals surface area contributed by atoms with Crippen LogP contribution in [0.1, 0.15) is 24.4 Å². The van der Waals surface area contributed by atoms with Gasteiger partial charge in [-0.05, 0) is 42.6 Å². The van der Waals surface area contributed by atoms with Gasteiger partial charge in [-0.15, -0.1) is 0 Å². The van der Waals surface area contributed by atoms with Gasteiger partial charge in [0, 0.05) is 11.6 Å². The molecule has 0 aliphatic carbocycles. The maximum Gasteiger partial charge on any atom is 0.131 e. The normalized spacial score (nSPS) is 19.1. The Bertz CT molecular complexity index is 530. The van der Waals surface area contributed by atoms with Crippen molar-refractivity contribution < 1.29 is 4.39 Å². The second-order valence-electron chi connectivity index (χ2n) is 4.75. The van der Waals surface area contributed by atoms with Crippen LogP contribution in [0.25, 0.3) is 11.1 Å². The Labute approximate surface area is 107 Å². The predicted molar refractivity (Wildman–Crippen MR) is 71.8 cm³/mol. The third kappa shape index (κ3) is 2.16. The first-order valence-electron chi connectivity index (χ1n) is 6.43. The first-order chi connectivity index (χ1) is 8.84. The van der Waals surface area contributed by atoms with Crippen LogP contribution in [0.2, 0.25) is 0 Å². The van der Waals surface area contributed by atoms with Gasteiger partial charge < -0.3 is 5.32 Å². The Morgan fingerprint density at radius 3 is 2.61 bits per heavy atom. The SMILES string of the molecule is Fc1ccc(C2CCCN2)cc1-c1ccccc1. The Morgan fingerprint density at radius 1 is 1.06 bits per heavy atom. The van der Waals surface area contributed by atoms with Gasteiger partial charge in [-0.2, -0.15) is 0 Å². The summed E-state index contributed by atoms with van der Waals surface area (Å²) in [5.74, 6) is -0.150.